The van der Waals surface area contributed by atoms with Crippen molar-refractivity contribution in [2.24, 2.45) is 5.92 Å². The van der Waals surface area contributed by atoms with E-state index in [9.17, 15) is 0 Å². The fraction of sp³-hybridized carbons (Fsp3) is 0.714. The largest absolute Gasteiger partial charge is 0.0877 e. The van der Waals surface area contributed by atoms with Crippen molar-refractivity contribution in [2.45, 2.75) is 26.2 Å². The zero-order chi connectivity index (χ0) is 5.11. The van der Waals surface area contributed by atoms with Crippen LogP contribution in [0.1, 0.15) is 26.2 Å². The van der Waals surface area contributed by atoms with Crippen molar-refractivity contribution in [2.75, 3.05) is 0 Å². The van der Waals surface area contributed by atoms with Crippen molar-refractivity contribution in [3.8, 4) is 0 Å². The molecule has 1 aliphatic carbocycles. The second-order valence-electron chi connectivity index (χ2n) is 2.21. The van der Waals surface area contributed by atoms with Gasteiger partial charge in [0.05, 0.1) is 0 Å². The minimum absolute atomic E-state index is 0.949. The first-order valence-electron chi connectivity index (χ1n) is 3.10. The van der Waals surface area contributed by atoms with Crippen molar-refractivity contribution < 1.29 is 0 Å². The SMILES string of the molecule is CCCC1C=CC1. The van der Waals surface area contributed by atoms with Crippen LogP contribution in [0.5, 0.6) is 0 Å². The first-order valence-corrected chi connectivity index (χ1v) is 3.10. The van der Waals surface area contributed by atoms with Gasteiger partial charge >= 0.3 is 0 Å². The highest BCUT2D eigenvalue weighted by Crippen LogP contribution is 2.21. The zero-order valence-electron chi connectivity index (χ0n) is 4.85. The van der Waals surface area contributed by atoms with Gasteiger partial charge < -0.3 is 0 Å². The van der Waals surface area contributed by atoms with Crippen molar-refractivity contribution >= 4 is 0 Å². The molecule has 0 heterocycles. The molecular weight excluding hydrogens is 84.1 g/mol. The van der Waals surface area contributed by atoms with Crippen molar-refractivity contribution in [3.05, 3.63) is 12.2 Å². The van der Waals surface area contributed by atoms with Crippen LogP contribution in [0.3, 0.4) is 0 Å². The number of allylic oxidation sites excluding steroid dienone is 2. The quantitative estimate of drug-likeness (QED) is 0.463. The van der Waals surface area contributed by atoms with Crippen LogP contribution in [0, 0.1) is 5.92 Å². The Bertz CT molecular complexity index is 72.1. The van der Waals surface area contributed by atoms with E-state index >= 15 is 0 Å². The monoisotopic (exact) mass is 96.1 g/mol. The Labute approximate surface area is 45.2 Å². The third-order valence-corrected chi connectivity index (χ3v) is 1.51. The van der Waals surface area contributed by atoms with E-state index in [0.29, 0.717) is 0 Å². The molecule has 0 N–H and O–H groups in total. The van der Waals surface area contributed by atoms with Crippen molar-refractivity contribution in [1.29, 1.82) is 0 Å². The molecule has 0 nitrogen and oxygen atoms in total. The van der Waals surface area contributed by atoms with E-state index in [1.807, 2.05) is 0 Å². The highest BCUT2D eigenvalue weighted by atomic mass is 14.1. The lowest BCUT2D eigenvalue weighted by Crippen LogP contribution is -2.00. The van der Waals surface area contributed by atoms with Gasteiger partial charge in [0, 0.05) is 0 Å². The second kappa shape index (κ2) is 2.15. The lowest BCUT2D eigenvalue weighted by molar-refractivity contribution is 0.548. The summed E-state index contributed by atoms with van der Waals surface area (Å²) in [5, 5.41) is 0. The highest BCUT2D eigenvalue weighted by molar-refractivity contribution is 5.01. The van der Waals surface area contributed by atoms with E-state index in [-0.39, 0.29) is 0 Å². The molecule has 0 saturated carbocycles. The summed E-state index contributed by atoms with van der Waals surface area (Å²) in [7, 11) is 0. The summed E-state index contributed by atoms with van der Waals surface area (Å²) in [4.78, 5) is 0. The number of hydrogen-bond donors (Lipinski definition) is 0. The van der Waals surface area contributed by atoms with E-state index in [1.54, 1.807) is 0 Å². The van der Waals surface area contributed by atoms with E-state index in [1.165, 1.54) is 19.3 Å². The lowest BCUT2D eigenvalue weighted by atomic mass is 9.91. The Morgan fingerprint density at radius 2 is 2.43 bits per heavy atom. The Hall–Kier alpha value is -0.260. The molecule has 0 amide bonds. The maximum Gasteiger partial charge on any atom is -0.0199 e. The molecule has 0 radical (unpaired) electrons. The lowest BCUT2D eigenvalue weighted by Gasteiger charge is -2.15. The minimum atomic E-state index is 0.949. The first kappa shape index (κ1) is 4.89. The minimum Gasteiger partial charge on any atom is -0.0877 e. The average Bonchev–Trinajstić information content (AvgIpc) is 1.55. The predicted molar refractivity (Wildman–Crippen MR) is 32.2 cm³/mol. The van der Waals surface area contributed by atoms with E-state index < -0.39 is 0 Å². The Morgan fingerprint density at radius 3 is 2.57 bits per heavy atom. The van der Waals surface area contributed by atoms with Crippen LogP contribution in [-0.4, -0.2) is 0 Å². The van der Waals surface area contributed by atoms with Crippen LogP contribution in [0.2, 0.25) is 0 Å². The average molecular weight is 96.2 g/mol. The van der Waals surface area contributed by atoms with Crippen LogP contribution < -0.4 is 0 Å². The molecule has 0 bridgehead atoms. The molecule has 0 heteroatoms. The zero-order valence-corrected chi connectivity index (χ0v) is 4.85. The summed E-state index contributed by atoms with van der Waals surface area (Å²) in [6, 6.07) is 0. The molecule has 0 aromatic rings. The fourth-order valence-electron chi connectivity index (χ4n) is 0.913. The maximum absolute atomic E-state index is 2.31. The topological polar surface area (TPSA) is 0 Å². The number of hydrogen-bond acceptors (Lipinski definition) is 0. The molecule has 1 unspecified atom stereocenters. The molecule has 0 fully saturated rings. The van der Waals surface area contributed by atoms with Crippen LogP contribution >= 0.6 is 0 Å². The molecule has 0 aliphatic heterocycles. The van der Waals surface area contributed by atoms with Gasteiger partial charge in [0.1, 0.15) is 0 Å². The van der Waals surface area contributed by atoms with Crippen LogP contribution in [0.25, 0.3) is 0 Å². The van der Waals surface area contributed by atoms with Gasteiger partial charge in [-0.25, -0.2) is 0 Å². The summed E-state index contributed by atoms with van der Waals surface area (Å²) in [6.07, 6.45) is 8.64. The van der Waals surface area contributed by atoms with Crippen LogP contribution in [-0.2, 0) is 0 Å². The standard InChI is InChI=1S/C7H12/c1-2-4-7-5-3-6-7/h3,5,7H,2,4,6H2,1H3. The van der Waals surface area contributed by atoms with Gasteiger partial charge in [-0.2, -0.15) is 0 Å². The molecule has 0 aromatic carbocycles. The van der Waals surface area contributed by atoms with Gasteiger partial charge in [-0.15, -0.1) is 0 Å². The predicted octanol–water partition coefficient (Wildman–Crippen LogP) is 2.36. The third kappa shape index (κ3) is 1.05. The molecule has 0 spiro atoms. The Balaban J connectivity index is 2.06. The molecule has 0 saturated heterocycles. The van der Waals surface area contributed by atoms with Gasteiger partial charge in [0.15, 0.2) is 0 Å². The van der Waals surface area contributed by atoms with E-state index in [2.05, 4.69) is 19.1 Å². The smallest absolute Gasteiger partial charge is 0.0199 e. The summed E-state index contributed by atoms with van der Waals surface area (Å²) in [6.45, 7) is 2.24. The fourth-order valence-corrected chi connectivity index (χ4v) is 0.913. The van der Waals surface area contributed by atoms with E-state index in [0.717, 1.165) is 5.92 Å². The molecule has 40 valence electrons. The van der Waals surface area contributed by atoms with E-state index in [4.69, 9.17) is 0 Å². The third-order valence-electron chi connectivity index (χ3n) is 1.51. The summed E-state index contributed by atoms with van der Waals surface area (Å²) in [5.41, 5.74) is 0. The Kier molecular flexibility index (Phi) is 1.50. The van der Waals surface area contributed by atoms with Crippen molar-refractivity contribution in [1.82, 2.24) is 0 Å². The summed E-state index contributed by atoms with van der Waals surface area (Å²) < 4.78 is 0. The van der Waals surface area contributed by atoms with Gasteiger partial charge in [0.25, 0.3) is 0 Å². The maximum atomic E-state index is 2.31. The highest BCUT2D eigenvalue weighted by Gasteiger charge is 2.06. The van der Waals surface area contributed by atoms with Gasteiger partial charge in [-0.3, -0.25) is 0 Å². The Morgan fingerprint density at radius 1 is 1.71 bits per heavy atom. The summed E-state index contributed by atoms with van der Waals surface area (Å²) in [5.74, 6) is 0.949. The number of rotatable bonds is 2. The van der Waals surface area contributed by atoms with Crippen LogP contribution in [0.15, 0.2) is 12.2 Å². The first-order chi connectivity index (χ1) is 3.43. The van der Waals surface area contributed by atoms with Gasteiger partial charge in [-0.1, -0.05) is 25.5 Å². The van der Waals surface area contributed by atoms with Gasteiger partial charge in [-0.05, 0) is 18.8 Å². The van der Waals surface area contributed by atoms with Crippen LogP contribution in [0.4, 0.5) is 0 Å². The molecule has 1 rings (SSSR count). The normalized spacial score (nSPS) is 27.3. The molecular formula is C7H12. The molecule has 1 atom stereocenters. The molecule has 1 aliphatic rings. The van der Waals surface area contributed by atoms with Gasteiger partial charge in [0.2, 0.25) is 0 Å². The van der Waals surface area contributed by atoms with Crippen molar-refractivity contribution in [3.63, 3.8) is 0 Å². The molecule has 0 aromatic heterocycles. The summed E-state index contributed by atoms with van der Waals surface area (Å²) >= 11 is 0. The molecule has 7 heavy (non-hydrogen) atoms. The second-order valence-corrected chi connectivity index (χ2v) is 2.21.